The summed E-state index contributed by atoms with van der Waals surface area (Å²) in [6.45, 7) is 1.36. The Hall–Kier alpha value is -2.09. The molecule has 1 saturated heterocycles. The maximum Gasteiger partial charge on any atom is 0.342 e. The normalized spacial score (nSPS) is 19.1. The Balaban J connectivity index is 1.89. The number of esters is 1. The van der Waals surface area contributed by atoms with Crippen molar-refractivity contribution in [3.63, 3.8) is 0 Å². The maximum atomic E-state index is 12.0. The van der Waals surface area contributed by atoms with E-state index in [0.29, 0.717) is 12.2 Å². The molecule has 0 radical (unpaired) electrons. The molecule has 1 amide bonds. The lowest BCUT2D eigenvalue weighted by molar-refractivity contribution is -0.124. The summed E-state index contributed by atoms with van der Waals surface area (Å²) >= 11 is 0. The Morgan fingerprint density at radius 1 is 1.35 bits per heavy atom. The van der Waals surface area contributed by atoms with E-state index in [2.05, 4.69) is 5.32 Å². The topological polar surface area (TPSA) is 98.8 Å². The molecule has 1 fully saturated rings. The van der Waals surface area contributed by atoms with Crippen LogP contribution in [0.3, 0.4) is 0 Å². The smallest absolute Gasteiger partial charge is 0.342 e. The lowest BCUT2D eigenvalue weighted by atomic mass is 10.1. The van der Waals surface area contributed by atoms with Gasteiger partial charge in [0.25, 0.3) is 5.91 Å². The number of hydrogen-bond donors (Lipinski definition) is 1. The van der Waals surface area contributed by atoms with Crippen molar-refractivity contribution in [3.05, 3.63) is 29.3 Å². The summed E-state index contributed by atoms with van der Waals surface area (Å²) in [5.41, 5.74) is 1.10. The molecule has 1 heterocycles. The standard InChI is InChI=1S/C15H19NO6S/c1-10-3-4-13(21-2)12(7-10)15(18)22-8-14(17)16-11-5-6-23(19,20)9-11/h3-4,7,11H,5-6,8-9H2,1-2H3,(H,16,17)/t11-/m0/s1. The van der Waals surface area contributed by atoms with Crippen LogP contribution in [0, 0.1) is 6.92 Å². The highest BCUT2D eigenvalue weighted by atomic mass is 32.2. The first-order chi connectivity index (χ1) is 10.8. The third kappa shape index (κ3) is 4.69. The molecule has 0 saturated carbocycles. The van der Waals surface area contributed by atoms with Crippen LogP contribution in [0.4, 0.5) is 0 Å². The van der Waals surface area contributed by atoms with Crippen molar-refractivity contribution < 1.29 is 27.5 Å². The van der Waals surface area contributed by atoms with Gasteiger partial charge in [0, 0.05) is 6.04 Å². The van der Waals surface area contributed by atoms with Gasteiger partial charge in [0.2, 0.25) is 0 Å². The SMILES string of the molecule is COc1ccc(C)cc1C(=O)OCC(=O)N[C@H]1CCS(=O)(=O)C1. The monoisotopic (exact) mass is 341 g/mol. The number of rotatable bonds is 5. The first-order valence-corrected chi connectivity index (χ1v) is 8.94. The van der Waals surface area contributed by atoms with Crippen molar-refractivity contribution in [1.29, 1.82) is 0 Å². The average molecular weight is 341 g/mol. The fourth-order valence-corrected chi connectivity index (χ4v) is 4.04. The van der Waals surface area contributed by atoms with Crippen LogP contribution in [0.1, 0.15) is 22.3 Å². The van der Waals surface area contributed by atoms with Crippen molar-refractivity contribution in [2.24, 2.45) is 0 Å². The molecular formula is C15H19NO6S. The molecule has 23 heavy (non-hydrogen) atoms. The van der Waals surface area contributed by atoms with Gasteiger partial charge in [-0.3, -0.25) is 4.79 Å². The maximum absolute atomic E-state index is 12.0. The van der Waals surface area contributed by atoms with Gasteiger partial charge in [-0.25, -0.2) is 13.2 Å². The number of sulfone groups is 1. The Morgan fingerprint density at radius 2 is 2.09 bits per heavy atom. The number of aryl methyl sites for hydroxylation is 1. The van der Waals surface area contributed by atoms with Crippen LogP contribution in [-0.4, -0.2) is 51.6 Å². The second-order valence-electron chi connectivity index (χ2n) is 5.45. The van der Waals surface area contributed by atoms with Crippen molar-refractivity contribution in [3.8, 4) is 5.75 Å². The van der Waals surface area contributed by atoms with Gasteiger partial charge in [-0.1, -0.05) is 11.6 Å². The summed E-state index contributed by atoms with van der Waals surface area (Å²) in [5.74, 6) is -0.828. The van der Waals surface area contributed by atoms with Gasteiger partial charge in [-0.05, 0) is 25.5 Å². The number of hydrogen-bond acceptors (Lipinski definition) is 6. The van der Waals surface area contributed by atoms with E-state index >= 15 is 0 Å². The van der Waals surface area contributed by atoms with Crippen molar-refractivity contribution >= 4 is 21.7 Å². The minimum Gasteiger partial charge on any atom is -0.496 e. The van der Waals surface area contributed by atoms with Crippen LogP contribution in [0.15, 0.2) is 18.2 Å². The Morgan fingerprint density at radius 3 is 2.70 bits per heavy atom. The molecule has 0 aliphatic carbocycles. The number of carbonyl (C=O) groups excluding carboxylic acids is 2. The van der Waals surface area contributed by atoms with Crippen LogP contribution in [0.5, 0.6) is 5.75 Å². The molecule has 8 heteroatoms. The quantitative estimate of drug-likeness (QED) is 0.782. The van der Waals surface area contributed by atoms with Crippen molar-refractivity contribution in [2.75, 3.05) is 25.2 Å². The fourth-order valence-electron chi connectivity index (χ4n) is 2.37. The molecule has 7 nitrogen and oxygen atoms in total. The number of nitrogens with one attached hydrogen (secondary N) is 1. The molecule has 0 aromatic heterocycles. The molecule has 0 bridgehead atoms. The van der Waals surface area contributed by atoms with E-state index in [1.165, 1.54) is 7.11 Å². The van der Waals surface area contributed by atoms with Gasteiger partial charge in [0.1, 0.15) is 11.3 Å². The largest absolute Gasteiger partial charge is 0.496 e. The van der Waals surface area contributed by atoms with E-state index in [1.54, 1.807) is 18.2 Å². The Bertz CT molecular complexity index is 713. The highest BCUT2D eigenvalue weighted by Gasteiger charge is 2.29. The van der Waals surface area contributed by atoms with E-state index in [-0.39, 0.29) is 17.1 Å². The first-order valence-electron chi connectivity index (χ1n) is 7.12. The van der Waals surface area contributed by atoms with Gasteiger partial charge in [0.15, 0.2) is 16.4 Å². The molecule has 0 spiro atoms. The van der Waals surface area contributed by atoms with E-state index in [0.717, 1.165) is 5.56 Å². The second kappa shape index (κ2) is 6.99. The summed E-state index contributed by atoms with van der Waals surface area (Å²) in [6.07, 6.45) is 0.383. The van der Waals surface area contributed by atoms with Gasteiger partial charge in [-0.15, -0.1) is 0 Å². The highest BCUT2D eigenvalue weighted by Crippen LogP contribution is 2.20. The Labute approximate surface area is 134 Å². The molecule has 1 N–H and O–H groups in total. The fraction of sp³-hybridized carbons (Fsp3) is 0.467. The average Bonchev–Trinajstić information content (AvgIpc) is 2.83. The molecule has 1 aromatic carbocycles. The third-order valence-electron chi connectivity index (χ3n) is 3.51. The zero-order valence-electron chi connectivity index (χ0n) is 13.0. The van der Waals surface area contributed by atoms with Gasteiger partial charge < -0.3 is 14.8 Å². The van der Waals surface area contributed by atoms with Crippen molar-refractivity contribution in [1.82, 2.24) is 5.32 Å². The lowest BCUT2D eigenvalue weighted by Gasteiger charge is -2.12. The third-order valence-corrected chi connectivity index (χ3v) is 5.27. The summed E-state index contributed by atoms with van der Waals surface area (Å²) in [6, 6.07) is 4.64. The van der Waals surface area contributed by atoms with E-state index in [4.69, 9.17) is 9.47 Å². The highest BCUT2D eigenvalue weighted by molar-refractivity contribution is 7.91. The molecular weight excluding hydrogens is 322 g/mol. The predicted molar refractivity (Wildman–Crippen MR) is 83.2 cm³/mol. The molecule has 126 valence electrons. The first kappa shape index (κ1) is 17.3. The Kier molecular flexibility index (Phi) is 5.25. The molecule has 2 rings (SSSR count). The molecule has 1 aliphatic heterocycles. The molecule has 0 unspecified atom stereocenters. The van der Waals surface area contributed by atoms with Crippen LogP contribution in [0.25, 0.3) is 0 Å². The van der Waals surface area contributed by atoms with Crippen LogP contribution >= 0.6 is 0 Å². The number of ether oxygens (including phenoxy) is 2. The number of amides is 1. The minimum atomic E-state index is -3.07. The van der Waals surface area contributed by atoms with Crippen LogP contribution < -0.4 is 10.1 Å². The van der Waals surface area contributed by atoms with Crippen LogP contribution in [0.2, 0.25) is 0 Å². The predicted octanol–water partition coefficient (Wildman–Crippen LogP) is 0.464. The van der Waals surface area contributed by atoms with Gasteiger partial charge >= 0.3 is 5.97 Å². The summed E-state index contributed by atoms with van der Waals surface area (Å²) in [7, 11) is -1.63. The summed E-state index contributed by atoms with van der Waals surface area (Å²) < 4.78 is 32.7. The van der Waals surface area contributed by atoms with E-state index < -0.39 is 34.4 Å². The van der Waals surface area contributed by atoms with Gasteiger partial charge in [-0.2, -0.15) is 0 Å². The summed E-state index contributed by atoms with van der Waals surface area (Å²) in [5, 5.41) is 2.55. The van der Waals surface area contributed by atoms with E-state index in [1.807, 2.05) is 6.92 Å². The molecule has 1 aromatic rings. The molecule has 1 atom stereocenters. The second-order valence-corrected chi connectivity index (χ2v) is 7.68. The summed E-state index contributed by atoms with van der Waals surface area (Å²) in [4.78, 5) is 23.8. The van der Waals surface area contributed by atoms with Crippen molar-refractivity contribution in [2.45, 2.75) is 19.4 Å². The van der Waals surface area contributed by atoms with E-state index in [9.17, 15) is 18.0 Å². The minimum absolute atomic E-state index is 0.0677. The number of carbonyl (C=O) groups is 2. The zero-order valence-corrected chi connectivity index (χ0v) is 13.8. The van der Waals surface area contributed by atoms with Gasteiger partial charge in [0.05, 0.1) is 18.6 Å². The molecule has 1 aliphatic rings. The number of methoxy groups -OCH3 is 1. The van der Waals surface area contributed by atoms with Crippen LogP contribution in [-0.2, 0) is 19.4 Å². The number of benzene rings is 1. The zero-order chi connectivity index (χ0) is 17.0. The lowest BCUT2D eigenvalue weighted by Crippen LogP contribution is -2.38.